The summed E-state index contributed by atoms with van der Waals surface area (Å²) in [5.74, 6) is -0.0354. The Bertz CT molecular complexity index is 909. The number of hydrogen-bond acceptors (Lipinski definition) is 6. The highest BCUT2D eigenvalue weighted by atomic mass is 16.5. The highest BCUT2D eigenvalue weighted by molar-refractivity contribution is 5.87. The van der Waals surface area contributed by atoms with Gasteiger partial charge in [-0.2, -0.15) is 0 Å². The topological polar surface area (TPSA) is 146 Å². The van der Waals surface area contributed by atoms with Gasteiger partial charge in [-0.25, -0.2) is 4.79 Å². The second-order valence-corrected chi connectivity index (χ2v) is 8.43. The molecule has 0 fully saturated rings. The number of benzene rings is 2. The molecular weight excluding hydrogens is 448 g/mol. The smallest absolute Gasteiger partial charge is 0.316 e. The summed E-state index contributed by atoms with van der Waals surface area (Å²) in [5.41, 5.74) is 7.94. The molecular formula is C26H38N4O5. The molecule has 9 heteroatoms. The van der Waals surface area contributed by atoms with Gasteiger partial charge in [-0.05, 0) is 74.0 Å². The van der Waals surface area contributed by atoms with E-state index >= 15 is 0 Å². The number of carbonyl (C=O) groups is 2. The Hall–Kier alpha value is -3.14. The summed E-state index contributed by atoms with van der Waals surface area (Å²) in [7, 11) is 0. The summed E-state index contributed by atoms with van der Waals surface area (Å²) >= 11 is 0. The van der Waals surface area contributed by atoms with Crippen LogP contribution < -0.4 is 21.7 Å². The zero-order valence-corrected chi connectivity index (χ0v) is 20.2. The number of aryl methyl sites for hydroxylation is 1. The van der Waals surface area contributed by atoms with Gasteiger partial charge in [0.05, 0.1) is 11.8 Å². The normalized spacial score (nSPS) is 11.7. The highest BCUT2D eigenvalue weighted by Crippen LogP contribution is 2.26. The minimum Gasteiger partial charge on any atom is -0.506 e. The Labute approximate surface area is 207 Å². The van der Waals surface area contributed by atoms with Gasteiger partial charge in [0, 0.05) is 25.4 Å². The number of amides is 3. The van der Waals surface area contributed by atoms with Gasteiger partial charge in [-0.15, -0.1) is 0 Å². The molecule has 0 aliphatic rings. The lowest BCUT2D eigenvalue weighted by molar-refractivity contribution is -0.105. The number of unbranched alkanes of at least 4 members (excludes halogenated alkanes) is 4. The molecule has 2 rings (SSSR count). The maximum atomic E-state index is 10.9. The predicted molar refractivity (Wildman–Crippen MR) is 137 cm³/mol. The van der Waals surface area contributed by atoms with Gasteiger partial charge in [0.25, 0.3) is 0 Å². The summed E-state index contributed by atoms with van der Waals surface area (Å²) in [6, 6.07) is 11.8. The van der Waals surface area contributed by atoms with Crippen LogP contribution in [0.1, 0.15) is 55.8 Å². The second kappa shape index (κ2) is 16.5. The molecule has 3 amide bonds. The molecule has 7 N–H and O–H groups in total. The molecule has 1 atom stereocenters. The third kappa shape index (κ3) is 11.7. The maximum Gasteiger partial charge on any atom is 0.316 e. The van der Waals surface area contributed by atoms with Gasteiger partial charge >= 0.3 is 6.03 Å². The van der Waals surface area contributed by atoms with Crippen molar-refractivity contribution in [3.8, 4) is 5.75 Å². The van der Waals surface area contributed by atoms with Crippen LogP contribution in [0.15, 0.2) is 42.5 Å². The molecule has 0 aliphatic heterocycles. The van der Waals surface area contributed by atoms with Crippen LogP contribution in [-0.2, 0) is 16.0 Å². The quantitative estimate of drug-likeness (QED) is 0.108. The number of rotatable bonds is 18. The highest BCUT2D eigenvalue weighted by Gasteiger charge is 2.10. The predicted octanol–water partition coefficient (Wildman–Crippen LogP) is 3.67. The molecule has 0 saturated carbocycles. The lowest BCUT2D eigenvalue weighted by Crippen LogP contribution is -2.22. The summed E-state index contributed by atoms with van der Waals surface area (Å²) in [5, 5.41) is 28.2. The number of ether oxygens (including phenoxy) is 1. The number of nitrogens with one attached hydrogen (secondary N) is 3. The lowest BCUT2D eigenvalue weighted by atomic mass is 10.1. The number of phenolic OH excluding ortho intramolecular Hbond substituents is 1. The standard InChI is InChI=1S/C26H38N4O5/c27-26(34)30-22-10-7-9-20(16-22)8-3-6-15-35-14-5-2-1-4-13-28-18-25(33)21-11-12-24(32)23(17-21)29-19-31/h7,9-12,16-17,19,25,28,32-33H,1-6,8,13-15,18H2,(H,29,31)(H3,27,30,34)/t25-/m0/s1. The summed E-state index contributed by atoms with van der Waals surface area (Å²) in [6.45, 7) is 2.73. The van der Waals surface area contributed by atoms with E-state index in [4.69, 9.17) is 10.5 Å². The lowest BCUT2D eigenvalue weighted by Gasteiger charge is -2.14. The van der Waals surface area contributed by atoms with E-state index in [-0.39, 0.29) is 11.4 Å². The van der Waals surface area contributed by atoms with E-state index in [9.17, 15) is 19.8 Å². The van der Waals surface area contributed by atoms with Crippen molar-refractivity contribution in [1.29, 1.82) is 0 Å². The van der Waals surface area contributed by atoms with Crippen molar-refractivity contribution in [3.63, 3.8) is 0 Å². The molecule has 0 saturated heterocycles. The van der Waals surface area contributed by atoms with Crippen molar-refractivity contribution in [2.24, 2.45) is 5.73 Å². The van der Waals surface area contributed by atoms with Crippen molar-refractivity contribution in [1.82, 2.24) is 5.32 Å². The molecule has 2 aromatic carbocycles. The summed E-state index contributed by atoms with van der Waals surface area (Å²) in [6.07, 6.45) is 6.97. The first-order valence-electron chi connectivity index (χ1n) is 12.1. The van der Waals surface area contributed by atoms with Gasteiger partial charge in [0.1, 0.15) is 5.75 Å². The van der Waals surface area contributed by atoms with E-state index in [1.165, 1.54) is 11.6 Å². The number of aromatic hydroxyl groups is 1. The molecule has 0 unspecified atom stereocenters. The average molecular weight is 487 g/mol. The van der Waals surface area contributed by atoms with E-state index in [0.717, 1.165) is 70.4 Å². The van der Waals surface area contributed by atoms with Gasteiger partial charge in [-0.3, -0.25) is 4.79 Å². The molecule has 0 spiro atoms. The number of aliphatic hydroxyl groups is 1. The molecule has 192 valence electrons. The molecule has 0 bridgehead atoms. The summed E-state index contributed by atoms with van der Waals surface area (Å²) in [4.78, 5) is 21.5. The molecule has 0 aromatic heterocycles. The average Bonchev–Trinajstić information content (AvgIpc) is 2.83. The first-order valence-corrected chi connectivity index (χ1v) is 12.1. The van der Waals surface area contributed by atoms with Crippen molar-refractivity contribution in [2.75, 3.05) is 36.9 Å². The van der Waals surface area contributed by atoms with Crippen molar-refractivity contribution < 1.29 is 24.5 Å². The van der Waals surface area contributed by atoms with Gasteiger partial charge in [0.2, 0.25) is 6.41 Å². The number of nitrogens with two attached hydrogens (primary N) is 1. The van der Waals surface area contributed by atoms with E-state index in [0.29, 0.717) is 18.5 Å². The molecule has 0 heterocycles. The van der Waals surface area contributed by atoms with Crippen LogP contribution >= 0.6 is 0 Å². The van der Waals surface area contributed by atoms with Gasteiger partial charge in [-0.1, -0.05) is 31.0 Å². The molecule has 2 aromatic rings. The first kappa shape index (κ1) is 28.1. The van der Waals surface area contributed by atoms with Gasteiger partial charge in [0.15, 0.2) is 0 Å². The van der Waals surface area contributed by atoms with Crippen molar-refractivity contribution in [2.45, 2.75) is 51.0 Å². The number of carbonyl (C=O) groups excluding carboxylic acids is 2. The molecule has 0 radical (unpaired) electrons. The minimum atomic E-state index is -0.716. The Morgan fingerprint density at radius 2 is 1.80 bits per heavy atom. The van der Waals surface area contributed by atoms with E-state index in [1.807, 2.05) is 24.3 Å². The third-order valence-electron chi connectivity index (χ3n) is 5.55. The van der Waals surface area contributed by atoms with E-state index in [1.54, 1.807) is 12.1 Å². The number of anilines is 2. The van der Waals surface area contributed by atoms with Crippen LogP contribution in [0.3, 0.4) is 0 Å². The SMILES string of the molecule is NC(=O)Nc1cccc(CCCCOCCCCCCNC[C@H](O)c2ccc(O)c(NC=O)c2)c1. The Balaban J connectivity index is 1.43. The van der Waals surface area contributed by atoms with Crippen LogP contribution in [0.2, 0.25) is 0 Å². The van der Waals surface area contributed by atoms with Crippen LogP contribution in [0.25, 0.3) is 0 Å². The number of urea groups is 1. The second-order valence-electron chi connectivity index (χ2n) is 8.43. The Kier molecular flexibility index (Phi) is 13.2. The fourth-order valence-corrected chi connectivity index (χ4v) is 3.69. The fourth-order valence-electron chi connectivity index (χ4n) is 3.69. The van der Waals surface area contributed by atoms with Gasteiger partial charge < -0.3 is 36.6 Å². The molecule has 0 aliphatic carbocycles. The van der Waals surface area contributed by atoms with Crippen molar-refractivity contribution in [3.05, 3.63) is 53.6 Å². The van der Waals surface area contributed by atoms with Crippen LogP contribution in [-0.4, -0.2) is 49.0 Å². The number of aliphatic hydroxyl groups excluding tert-OH is 1. The monoisotopic (exact) mass is 486 g/mol. The van der Waals surface area contributed by atoms with E-state index < -0.39 is 12.1 Å². The van der Waals surface area contributed by atoms with Crippen LogP contribution in [0.5, 0.6) is 5.75 Å². The number of hydrogen-bond donors (Lipinski definition) is 6. The summed E-state index contributed by atoms with van der Waals surface area (Å²) < 4.78 is 5.72. The van der Waals surface area contributed by atoms with E-state index in [2.05, 4.69) is 16.0 Å². The Morgan fingerprint density at radius 1 is 1.03 bits per heavy atom. The van der Waals surface area contributed by atoms with Crippen LogP contribution in [0, 0.1) is 0 Å². The van der Waals surface area contributed by atoms with Crippen LogP contribution in [0.4, 0.5) is 16.2 Å². The Morgan fingerprint density at radius 3 is 2.57 bits per heavy atom. The van der Waals surface area contributed by atoms with Crippen molar-refractivity contribution >= 4 is 23.8 Å². The maximum absolute atomic E-state index is 10.9. The largest absolute Gasteiger partial charge is 0.506 e. The zero-order chi connectivity index (χ0) is 25.3. The molecule has 9 nitrogen and oxygen atoms in total. The zero-order valence-electron chi connectivity index (χ0n) is 20.2. The third-order valence-corrected chi connectivity index (χ3v) is 5.55. The fraction of sp³-hybridized carbons (Fsp3) is 0.462. The number of phenols is 1. The molecule has 35 heavy (non-hydrogen) atoms. The first-order chi connectivity index (χ1) is 17.0. The number of primary amides is 1. The minimum absolute atomic E-state index is 0.0354.